The maximum Gasteiger partial charge on any atom is 0.292 e. The van der Waals surface area contributed by atoms with Crippen LogP contribution in [-0.2, 0) is 17.3 Å². The third-order valence-corrected chi connectivity index (χ3v) is 5.99. The predicted molar refractivity (Wildman–Crippen MR) is 104 cm³/mol. The van der Waals surface area contributed by atoms with Crippen molar-refractivity contribution in [2.45, 2.75) is 31.7 Å². The maximum atomic E-state index is 13.5. The number of amides is 2. The van der Waals surface area contributed by atoms with Gasteiger partial charge in [0.05, 0.1) is 17.9 Å². The average Bonchev–Trinajstić information content (AvgIpc) is 3.43. The SMILES string of the molecule is Cc1nc(C)c(C(=O)N2CCC3(C(=O)Nc4ccccc43)C2c2cnn(C)c2)o1. The van der Waals surface area contributed by atoms with Crippen LogP contribution < -0.4 is 5.32 Å². The molecule has 0 saturated carbocycles. The third kappa shape index (κ3) is 2.38. The van der Waals surface area contributed by atoms with Crippen molar-refractivity contribution in [3.8, 4) is 0 Å². The first kappa shape index (κ1) is 17.7. The zero-order chi connectivity index (χ0) is 20.3. The van der Waals surface area contributed by atoms with Gasteiger partial charge in [0.2, 0.25) is 11.7 Å². The van der Waals surface area contributed by atoms with Crippen LogP contribution in [-0.4, -0.2) is 38.0 Å². The van der Waals surface area contributed by atoms with E-state index in [-0.39, 0.29) is 17.6 Å². The Morgan fingerprint density at radius 1 is 1.31 bits per heavy atom. The first-order valence-electron chi connectivity index (χ1n) is 9.56. The summed E-state index contributed by atoms with van der Waals surface area (Å²) in [6.45, 7) is 3.90. The maximum absolute atomic E-state index is 13.5. The number of nitrogens with zero attached hydrogens (tertiary/aromatic N) is 4. The molecule has 1 aromatic carbocycles. The van der Waals surface area contributed by atoms with E-state index in [1.54, 1.807) is 29.6 Å². The fraction of sp³-hybridized carbons (Fsp3) is 0.333. The van der Waals surface area contributed by atoms with E-state index in [1.807, 2.05) is 37.5 Å². The van der Waals surface area contributed by atoms with Crippen molar-refractivity contribution in [3.05, 3.63) is 65.1 Å². The molecule has 1 saturated heterocycles. The van der Waals surface area contributed by atoms with Crippen molar-refractivity contribution in [2.75, 3.05) is 11.9 Å². The van der Waals surface area contributed by atoms with E-state index in [0.29, 0.717) is 24.6 Å². The Bertz CT molecular complexity index is 1150. The van der Waals surface area contributed by atoms with E-state index in [0.717, 1.165) is 16.8 Å². The molecule has 0 aliphatic carbocycles. The Labute approximate surface area is 167 Å². The van der Waals surface area contributed by atoms with Crippen molar-refractivity contribution in [2.24, 2.45) is 7.05 Å². The highest BCUT2D eigenvalue weighted by atomic mass is 16.4. The Kier molecular flexibility index (Phi) is 3.68. The summed E-state index contributed by atoms with van der Waals surface area (Å²) in [7, 11) is 1.82. The molecule has 8 heteroatoms. The summed E-state index contributed by atoms with van der Waals surface area (Å²) < 4.78 is 7.29. The van der Waals surface area contributed by atoms with Crippen LogP contribution in [0.25, 0.3) is 0 Å². The lowest BCUT2D eigenvalue weighted by Gasteiger charge is -2.33. The van der Waals surface area contributed by atoms with Crippen molar-refractivity contribution < 1.29 is 14.0 Å². The summed E-state index contributed by atoms with van der Waals surface area (Å²) >= 11 is 0. The number of carbonyl (C=O) groups is 2. The smallest absolute Gasteiger partial charge is 0.292 e. The molecule has 2 unspecified atom stereocenters. The number of aryl methyl sites for hydroxylation is 3. The van der Waals surface area contributed by atoms with Gasteiger partial charge in [-0.15, -0.1) is 0 Å². The monoisotopic (exact) mass is 391 g/mol. The molecule has 3 aromatic rings. The van der Waals surface area contributed by atoms with Crippen LogP contribution in [0.5, 0.6) is 0 Å². The molecule has 4 heterocycles. The van der Waals surface area contributed by atoms with Gasteiger partial charge in [-0.25, -0.2) is 4.98 Å². The zero-order valence-electron chi connectivity index (χ0n) is 16.5. The quantitative estimate of drug-likeness (QED) is 0.724. The standard InChI is InChI=1S/C21H21N5O3/c1-12-17(29-13(2)23-12)19(27)26-9-8-21(18(26)14-10-22-25(3)11-14)15-6-4-5-7-16(15)24-20(21)28/h4-7,10-11,18H,8-9H2,1-3H3,(H,24,28). The summed E-state index contributed by atoms with van der Waals surface area (Å²) in [6, 6.07) is 7.20. The van der Waals surface area contributed by atoms with E-state index in [4.69, 9.17) is 4.42 Å². The number of para-hydroxylation sites is 1. The Morgan fingerprint density at radius 2 is 2.10 bits per heavy atom. The lowest BCUT2D eigenvalue weighted by molar-refractivity contribution is -0.121. The summed E-state index contributed by atoms with van der Waals surface area (Å²) in [6.07, 6.45) is 4.11. The molecule has 2 atom stereocenters. The number of aromatic nitrogens is 3. The van der Waals surface area contributed by atoms with Crippen LogP contribution in [0.3, 0.4) is 0 Å². The number of hydrogen-bond acceptors (Lipinski definition) is 5. The number of rotatable bonds is 2. The molecular formula is C21H21N5O3. The van der Waals surface area contributed by atoms with Gasteiger partial charge in [0.25, 0.3) is 5.91 Å². The van der Waals surface area contributed by atoms with E-state index in [1.165, 1.54) is 0 Å². The highest BCUT2D eigenvalue weighted by Gasteiger charge is 2.60. The van der Waals surface area contributed by atoms with Crippen LogP contribution in [0.4, 0.5) is 5.69 Å². The largest absolute Gasteiger partial charge is 0.436 e. The minimum Gasteiger partial charge on any atom is -0.436 e. The number of nitrogens with one attached hydrogen (secondary N) is 1. The first-order valence-corrected chi connectivity index (χ1v) is 9.56. The molecule has 5 rings (SSSR count). The van der Waals surface area contributed by atoms with Gasteiger partial charge in [-0.3, -0.25) is 14.3 Å². The number of oxazole rings is 1. The fourth-order valence-electron chi connectivity index (χ4n) is 4.81. The summed E-state index contributed by atoms with van der Waals surface area (Å²) in [5.41, 5.74) is 2.22. The number of carbonyl (C=O) groups excluding carboxylic acids is 2. The van der Waals surface area contributed by atoms with Gasteiger partial charge in [0.1, 0.15) is 5.41 Å². The normalized spacial score (nSPS) is 22.9. The zero-order valence-corrected chi connectivity index (χ0v) is 16.5. The second kappa shape index (κ2) is 6.04. The van der Waals surface area contributed by atoms with Crippen molar-refractivity contribution in [1.29, 1.82) is 0 Å². The molecule has 8 nitrogen and oxygen atoms in total. The molecule has 148 valence electrons. The molecule has 0 radical (unpaired) electrons. The minimum atomic E-state index is -0.863. The van der Waals surface area contributed by atoms with Crippen LogP contribution >= 0.6 is 0 Å². The number of likely N-dealkylation sites (tertiary alicyclic amines) is 1. The molecule has 1 N–H and O–H groups in total. The van der Waals surface area contributed by atoms with Crippen molar-refractivity contribution >= 4 is 17.5 Å². The summed E-state index contributed by atoms with van der Waals surface area (Å²) in [5.74, 6) is 0.320. The lowest BCUT2D eigenvalue weighted by atomic mass is 9.73. The topological polar surface area (TPSA) is 93.3 Å². The Balaban J connectivity index is 1.67. The van der Waals surface area contributed by atoms with Gasteiger partial charge in [0.15, 0.2) is 5.89 Å². The van der Waals surface area contributed by atoms with E-state index >= 15 is 0 Å². The molecule has 2 aliphatic heterocycles. The molecule has 2 aromatic heterocycles. The predicted octanol–water partition coefficient (Wildman–Crippen LogP) is 2.50. The second-order valence-electron chi connectivity index (χ2n) is 7.72. The van der Waals surface area contributed by atoms with Gasteiger partial charge >= 0.3 is 0 Å². The summed E-state index contributed by atoms with van der Waals surface area (Å²) in [4.78, 5) is 32.7. The summed E-state index contributed by atoms with van der Waals surface area (Å²) in [5, 5.41) is 7.31. The molecule has 29 heavy (non-hydrogen) atoms. The van der Waals surface area contributed by atoms with Crippen molar-refractivity contribution in [1.82, 2.24) is 19.7 Å². The Hall–Kier alpha value is -3.42. The van der Waals surface area contributed by atoms with E-state index < -0.39 is 11.5 Å². The van der Waals surface area contributed by atoms with E-state index in [9.17, 15) is 9.59 Å². The fourth-order valence-corrected chi connectivity index (χ4v) is 4.81. The van der Waals surface area contributed by atoms with Gasteiger partial charge < -0.3 is 14.6 Å². The molecule has 2 aliphatic rings. The van der Waals surface area contributed by atoms with Crippen LogP contribution in [0.2, 0.25) is 0 Å². The number of anilines is 1. The first-order chi connectivity index (χ1) is 13.9. The van der Waals surface area contributed by atoms with Gasteiger partial charge in [-0.1, -0.05) is 18.2 Å². The third-order valence-electron chi connectivity index (χ3n) is 5.99. The molecule has 2 amide bonds. The lowest BCUT2D eigenvalue weighted by Crippen LogP contribution is -2.42. The second-order valence-corrected chi connectivity index (χ2v) is 7.72. The molecule has 1 fully saturated rings. The number of hydrogen-bond donors (Lipinski definition) is 1. The molecule has 0 bridgehead atoms. The average molecular weight is 391 g/mol. The van der Waals surface area contributed by atoms with Crippen LogP contribution in [0.15, 0.2) is 41.1 Å². The van der Waals surface area contributed by atoms with Gasteiger partial charge in [0, 0.05) is 38.0 Å². The van der Waals surface area contributed by atoms with Crippen LogP contribution in [0, 0.1) is 13.8 Å². The highest BCUT2D eigenvalue weighted by Crippen LogP contribution is 2.54. The number of benzene rings is 1. The van der Waals surface area contributed by atoms with Crippen LogP contribution in [0.1, 0.15) is 45.7 Å². The molecule has 1 spiro atoms. The minimum absolute atomic E-state index is 0.0895. The Morgan fingerprint density at radius 3 is 2.79 bits per heavy atom. The number of fused-ring (bicyclic) bond motifs is 2. The van der Waals surface area contributed by atoms with Gasteiger partial charge in [-0.2, -0.15) is 5.10 Å². The molecular weight excluding hydrogens is 370 g/mol. The van der Waals surface area contributed by atoms with E-state index in [2.05, 4.69) is 15.4 Å². The van der Waals surface area contributed by atoms with Crippen molar-refractivity contribution in [3.63, 3.8) is 0 Å². The van der Waals surface area contributed by atoms with Gasteiger partial charge in [-0.05, 0) is 25.0 Å². The highest BCUT2D eigenvalue weighted by molar-refractivity contribution is 6.08.